The van der Waals surface area contributed by atoms with Crippen LogP contribution in [0.4, 0.5) is 0 Å². The lowest BCUT2D eigenvalue weighted by atomic mass is 10.1. The van der Waals surface area contributed by atoms with Crippen molar-refractivity contribution < 1.29 is 23.1 Å². The molecule has 1 fully saturated rings. The minimum absolute atomic E-state index is 0.0428. The summed E-state index contributed by atoms with van der Waals surface area (Å²) in [5.74, 6) is -2.13. The highest BCUT2D eigenvalue weighted by molar-refractivity contribution is 7.91. The number of carbonyl (C=O) groups excluding carboxylic acids is 1. The van der Waals surface area contributed by atoms with Gasteiger partial charge in [0.2, 0.25) is 0 Å². The summed E-state index contributed by atoms with van der Waals surface area (Å²) in [6, 6.07) is 2.27. The van der Waals surface area contributed by atoms with Crippen LogP contribution in [0.3, 0.4) is 0 Å². The maximum absolute atomic E-state index is 12.4. The minimum Gasteiger partial charge on any atom is -0.480 e. The van der Waals surface area contributed by atoms with E-state index >= 15 is 0 Å². The Balaban J connectivity index is 2.30. The first-order chi connectivity index (χ1) is 9.80. The Hall–Kier alpha value is -1.67. The summed E-state index contributed by atoms with van der Waals surface area (Å²) in [6.07, 6.45) is 1.62. The number of aliphatic carboxylic acids is 1. The van der Waals surface area contributed by atoms with Crippen molar-refractivity contribution >= 4 is 33.3 Å². The molecule has 7 nitrogen and oxygen atoms in total. The van der Waals surface area contributed by atoms with E-state index in [0.717, 1.165) is 4.90 Å². The van der Waals surface area contributed by atoms with Crippen LogP contribution in [0.25, 0.3) is 0 Å². The molecule has 21 heavy (non-hydrogen) atoms. The van der Waals surface area contributed by atoms with E-state index in [2.05, 4.69) is 4.98 Å². The quantitative estimate of drug-likeness (QED) is 0.803. The zero-order valence-corrected chi connectivity index (χ0v) is 12.5. The Labute approximate surface area is 126 Å². The molecule has 1 saturated heterocycles. The molecule has 9 heteroatoms. The van der Waals surface area contributed by atoms with Crippen molar-refractivity contribution in [1.29, 1.82) is 0 Å². The molecule has 114 valence electrons. The Bertz CT molecular complexity index is 676. The molecule has 0 bridgehead atoms. The molecule has 1 aliphatic rings. The largest absolute Gasteiger partial charge is 0.480 e. The normalized spacial score (nSPS) is 20.1. The van der Waals surface area contributed by atoms with Gasteiger partial charge in [-0.3, -0.25) is 9.59 Å². The van der Waals surface area contributed by atoms with Crippen molar-refractivity contribution in [2.24, 2.45) is 0 Å². The molecule has 1 aromatic rings. The fraction of sp³-hybridized carbons (Fsp3) is 0.417. The summed E-state index contributed by atoms with van der Waals surface area (Å²) in [4.78, 5) is 28.2. The predicted octanol–water partition coefficient (Wildman–Crippen LogP) is 0.449. The van der Waals surface area contributed by atoms with Gasteiger partial charge >= 0.3 is 5.97 Å². The number of halogens is 1. The Morgan fingerprint density at radius 2 is 2.19 bits per heavy atom. The van der Waals surface area contributed by atoms with E-state index < -0.39 is 34.3 Å². The number of hydrogen-bond acceptors (Lipinski definition) is 5. The Morgan fingerprint density at radius 3 is 2.71 bits per heavy atom. The number of amides is 1. The van der Waals surface area contributed by atoms with Gasteiger partial charge in [-0.25, -0.2) is 13.4 Å². The van der Waals surface area contributed by atoms with Crippen LogP contribution in [-0.2, 0) is 14.6 Å². The van der Waals surface area contributed by atoms with E-state index in [1.165, 1.54) is 18.3 Å². The first-order valence-electron chi connectivity index (χ1n) is 6.14. The molecule has 2 heterocycles. The summed E-state index contributed by atoms with van der Waals surface area (Å²) < 4.78 is 23.1. The monoisotopic (exact) mass is 332 g/mol. The van der Waals surface area contributed by atoms with E-state index in [4.69, 9.17) is 16.7 Å². The topological polar surface area (TPSA) is 105 Å². The van der Waals surface area contributed by atoms with Crippen LogP contribution >= 0.6 is 11.6 Å². The van der Waals surface area contributed by atoms with Crippen molar-refractivity contribution in [1.82, 2.24) is 9.88 Å². The van der Waals surface area contributed by atoms with Gasteiger partial charge in [0, 0.05) is 12.2 Å². The first kappa shape index (κ1) is 15.7. The molecule has 0 saturated carbocycles. The standard InChI is InChI=1S/C12H13ClN2O5S/c13-11-9(2-1-4-14-11)12(18)15(6-10(16)17)8-3-5-21(19,20)7-8/h1-2,4,8H,3,5-7H2,(H,16,17). The molecule has 1 atom stereocenters. The third-order valence-corrected chi connectivity index (χ3v) is 5.26. The number of carboxylic acid groups (broad SMARTS) is 1. The van der Waals surface area contributed by atoms with Crippen LogP contribution in [0, 0.1) is 0 Å². The molecule has 0 aromatic carbocycles. The van der Waals surface area contributed by atoms with Crippen LogP contribution in [0.5, 0.6) is 0 Å². The number of pyridine rings is 1. The number of sulfone groups is 1. The lowest BCUT2D eigenvalue weighted by Gasteiger charge is -2.26. The van der Waals surface area contributed by atoms with Crippen LogP contribution < -0.4 is 0 Å². The smallest absolute Gasteiger partial charge is 0.323 e. The molecule has 1 unspecified atom stereocenters. The van der Waals surface area contributed by atoms with Crippen molar-refractivity contribution in [3.63, 3.8) is 0 Å². The summed E-state index contributed by atoms with van der Waals surface area (Å²) >= 11 is 5.84. The van der Waals surface area contributed by atoms with Crippen LogP contribution in [0.15, 0.2) is 18.3 Å². The molecule has 0 radical (unpaired) electrons. The third-order valence-electron chi connectivity index (χ3n) is 3.21. The minimum atomic E-state index is -3.24. The van der Waals surface area contributed by atoms with Gasteiger partial charge in [-0.05, 0) is 18.6 Å². The lowest BCUT2D eigenvalue weighted by Crippen LogP contribution is -2.44. The van der Waals surface area contributed by atoms with Gasteiger partial charge in [-0.15, -0.1) is 0 Å². The van der Waals surface area contributed by atoms with E-state index in [0.29, 0.717) is 0 Å². The second-order valence-corrected chi connectivity index (χ2v) is 7.31. The zero-order chi connectivity index (χ0) is 15.6. The zero-order valence-electron chi connectivity index (χ0n) is 10.9. The second-order valence-electron chi connectivity index (χ2n) is 4.73. The Kier molecular flexibility index (Phi) is 4.48. The Morgan fingerprint density at radius 1 is 1.48 bits per heavy atom. The van der Waals surface area contributed by atoms with Gasteiger partial charge in [0.15, 0.2) is 9.84 Å². The average molecular weight is 333 g/mol. The highest BCUT2D eigenvalue weighted by Crippen LogP contribution is 2.22. The molecule has 1 amide bonds. The lowest BCUT2D eigenvalue weighted by molar-refractivity contribution is -0.138. The highest BCUT2D eigenvalue weighted by Gasteiger charge is 2.36. The molecule has 1 aromatic heterocycles. The molecule has 0 spiro atoms. The van der Waals surface area contributed by atoms with Gasteiger partial charge in [0.05, 0.1) is 17.1 Å². The number of carboxylic acids is 1. The number of rotatable bonds is 4. The van der Waals surface area contributed by atoms with Crippen molar-refractivity contribution in [3.8, 4) is 0 Å². The second kappa shape index (κ2) is 5.98. The van der Waals surface area contributed by atoms with Gasteiger partial charge in [-0.1, -0.05) is 11.6 Å². The van der Waals surface area contributed by atoms with Crippen molar-refractivity contribution in [3.05, 3.63) is 29.0 Å². The van der Waals surface area contributed by atoms with Gasteiger partial charge in [0.25, 0.3) is 5.91 Å². The summed E-state index contributed by atoms with van der Waals surface area (Å²) in [5.41, 5.74) is 0.0599. The predicted molar refractivity (Wildman–Crippen MR) is 75.0 cm³/mol. The van der Waals surface area contributed by atoms with Crippen LogP contribution in [-0.4, -0.2) is 59.4 Å². The van der Waals surface area contributed by atoms with Gasteiger partial charge in [-0.2, -0.15) is 0 Å². The fourth-order valence-electron chi connectivity index (χ4n) is 2.23. The summed E-state index contributed by atoms with van der Waals surface area (Å²) in [6.45, 7) is -0.579. The molecule has 1 N–H and O–H groups in total. The van der Waals surface area contributed by atoms with Gasteiger partial charge < -0.3 is 10.0 Å². The average Bonchev–Trinajstić information content (AvgIpc) is 2.76. The van der Waals surface area contributed by atoms with E-state index in [-0.39, 0.29) is 28.6 Å². The van der Waals surface area contributed by atoms with E-state index in [1.54, 1.807) is 0 Å². The number of aromatic nitrogens is 1. The van der Waals surface area contributed by atoms with E-state index in [1.807, 2.05) is 0 Å². The van der Waals surface area contributed by atoms with Gasteiger partial charge in [0.1, 0.15) is 11.7 Å². The molecule has 1 aliphatic heterocycles. The van der Waals surface area contributed by atoms with Crippen LogP contribution in [0.2, 0.25) is 5.15 Å². The third kappa shape index (κ3) is 3.70. The fourth-order valence-corrected chi connectivity index (χ4v) is 4.16. The van der Waals surface area contributed by atoms with E-state index in [9.17, 15) is 18.0 Å². The van der Waals surface area contributed by atoms with Crippen LogP contribution in [0.1, 0.15) is 16.8 Å². The SMILES string of the molecule is O=C(O)CN(C(=O)c1cccnc1Cl)C1CCS(=O)(=O)C1. The maximum atomic E-state index is 12.4. The number of hydrogen-bond donors (Lipinski definition) is 1. The number of nitrogens with zero attached hydrogens (tertiary/aromatic N) is 2. The molecule has 2 rings (SSSR count). The number of carbonyl (C=O) groups is 2. The first-order valence-corrected chi connectivity index (χ1v) is 8.34. The molecular weight excluding hydrogens is 320 g/mol. The van der Waals surface area contributed by atoms with Crippen molar-refractivity contribution in [2.75, 3.05) is 18.1 Å². The summed E-state index contributed by atoms with van der Waals surface area (Å²) in [5, 5.41) is 8.90. The van der Waals surface area contributed by atoms with Crippen molar-refractivity contribution in [2.45, 2.75) is 12.5 Å². The highest BCUT2D eigenvalue weighted by atomic mass is 35.5. The summed E-state index contributed by atoms with van der Waals surface area (Å²) in [7, 11) is -3.24. The molecule has 0 aliphatic carbocycles. The molecular formula is C12H13ClN2O5S. The maximum Gasteiger partial charge on any atom is 0.323 e.